The van der Waals surface area contributed by atoms with Crippen LogP contribution in [0.4, 0.5) is 0 Å². The molecule has 2 aliphatic heterocycles. The van der Waals surface area contributed by atoms with E-state index in [-0.39, 0.29) is 11.5 Å². The number of aliphatic hydroxyl groups excluding tert-OH is 1. The van der Waals surface area contributed by atoms with Gasteiger partial charge in [0.05, 0.1) is 6.10 Å². The molecule has 2 atom stereocenters. The molecule has 3 nitrogen and oxygen atoms in total. The van der Waals surface area contributed by atoms with Crippen molar-refractivity contribution in [3.63, 3.8) is 0 Å². The zero-order chi connectivity index (χ0) is 16.6. The van der Waals surface area contributed by atoms with Crippen LogP contribution in [0, 0.1) is 5.41 Å². The van der Waals surface area contributed by atoms with Gasteiger partial charge in [0.1, 0.15) is 0 Å². The minimum atomic E-state index is -0.117. The first-order chi connectivity index (χ1) is 11.6. The van der Waals surface area contributed by atoms with Gasteiger partial charge in [0.2, 0.25) is 0 Å². The van der Waals surface area contributed by atoms with Gasteiger partial charge in [0, 0.05) is 41.3 Å². The molecule has 1 aliphatic carbocycles. The maximum Gasteiger partial charge on any atom is 0.0633 e. The average Bonchev–Trinajstić information content (AvgIpc) is 3.23. The van der Waals surface area contributed by atoms with Crippen molar-refractivity contribution >= 4 is 11.3 Å². The van der Waals surface area contributed by atoms with Gasteiger partial charge in [-0.3, -0.25) is 4.90 Å². The fourth-order valence-corrected chi connectivity index (χ4v) is 6.52. The van der Waals surface area contributed by atoms with E-state index in [2.05, 4.69) is 29.0 Å². The van der Waals surface area contributed by atoms with Crippen LogP contribution in [-0.2, 0) is 6.54 Å². The number of hydrogen-bond donors (Lipinski definition) is 1. The molecule has 0 unspecified atom stereocenters. The fraction of sp³-hybridized carbons (Fsp3) is 0.800. The van der Waals surface area contributed by atoms with E-state index < -0.39 is 0 Å². The van der Waals surface area contributed by atoms with Crippen LogP contribution >= 0.6 is 11.3 Å². The molecule has 4 rings (SSSR count). The van der Waals surface area contributed by atoms with E-state index in [0.717, 1.165) is 38.5 Å². The molecule has 0 amide bonds. The molecule has 1 saturated carbocycles. The van der Waals surface area contributed by atoms with E-state index in [1.165, 1.54) is 49.9 Å². The van der Waals surface area contributed by atoms with Gasteiger partial charge in [0.15, 0.2) is 0 Å². The highest BCUT2D eigenvalue weighted by molar-refractivity contribution is 7.12. The molecule has 0 aromatic carbocycles. The summed E-state index contributed by atoms with van der Waals surface area (Å²) in [5.41, 5.74) is 0.108. The van der Waals surface area contributed by atoms with Crippen LogP contribution in [0.15, 0.2) is 12.1 Å². The van der Waals surface area contributed by atoms with Crippen molar-refractivity contribution in [3.05, 3.63) is 21.9 Å². The molecule has 134 valence electrons. The smallest absolute Gasteiger partial charge is 0.0633 e. The quantitative estimate of drug-likeness (QED) is 0.902. The Hall–Kier alpha value is -0.420. The number of piperidine rings is 2. The first kappa shape index (κ1) is 17.0. The molecule has 1 aromatic rings. The molecule has 24 heavy (non-hydrogen) atoms. The van der Waals surface area contributed by atoms with E-state index in [1.807, 2.05) is 11.3 Å². The second-order valence-electron chi connectivity index (χ2n) is 8.50. The lowest BCUT2D eigenvalue weighted by atomic mass is 9.71. The van der Waals surface area contributed by atoms with Crippen molar-refractivity contribution < 1.29 is 5.11 Å². The van der Waals surface area contributed by atoms with Crippen LogP contribution in [0.3, 0.4) is 0 Å². The van der Waals surface area contributed by atoms with Gasteiger partial charge in [-0.15, -0.1) is 11.3 Å². The monoisotopic (exact) mass is 348 g/mol. The Morgan fingerprint density at radius 2 is 1.96 bits per heavy atom. The van der Waals surface area contributed by atoms with Crippen molar-refractivity contribution in [1.29, 1.82) is 0 Å². The summed E-state index contributed by atoms with van der Waals surface area (Å²) in [6, 6.07) is 4.75. The topological polar surface area (TPSA) is 26.7 Å². The van der Waals surface area contributed by atoms with E-state index in [9.17, 15) is 5.11 Å². The Bertz CT molecular complexity index is 554. The minimum Gasteiger partial charge on any atom is -0.392 e. The minimum absolute atomic E-state index is 0.108. The SMILES string of the molecule is CN1CC[C@H](O)[C@@]2(CCCN(Cc3ccc(C4CCCC4)s3)C2)C1. The van der Waals surface area contributed by atoms with Crippen molar-refractivity contribution in [2.24, 2.45) is 5.41 Å². The third-order valence-corrected chi connectivity index (χ3v) is 7.82. The van der Waals surface area contributed by atoms with Crippen LogP contribution in [0.2, 0.25) is 0 Å². The Balaban J connectivity index is 1.41. The van der Waals surface area contributed by atoms with Gasteiger partial charge >= 0.3 is 0 Å². The average molecular weight is 349 g/mol. The highest BCUT2D eigenvalue weighted by Gasteiger charge is 2.44. The summed E-state index contributed by atoms with van der Waals surface area (Å²) in [7, 11) is 2.21. The number of hydrogen-bond acceptors (Lipinski definition) is 4. The first-order valence-corrected chi connectivity index (χ1v) is 10.6. The highest BCUT2D eigenvalue weighted by Crippen LogP contribution is 2.40. The molecule has 0 bridgehead atoms. The molecule has 3 aliphatic rings. The zero-order valence-corrected chi connectivity index (χ0v) is 15.9. The van der Waals surface area contributed by atoms with Crippen molar-refractivity contribution in [3.8, 4) is 0 Å². The summed E-state index contributed by atoms with van der Waals surface area (Å²) in [5, 5.41) is 10.7. The molecule has 4 heteroatoms. The molecule has 2 saturated heterocycles. The van der Waals surface area contributed by atoms with E-state index in [0.29, 0.717) is 0 Å². The summed E-state index contributed by atoms with van der Waals surface area (Å²) < 4.78 is 0. The van der Waals surface area contributed by atoms with Gasteiger partial charge < -0.3 is 10.0 Å². The number of nitrogens with zero attached hydrogens (tertiary/aromatic N) is 2. The number of rotatable bonds is 3. The van der Waals surface area contributed by atoms with Crippen molar-refractivity contribution in [1.82, 2.24) is 9.80 Å². The summed E-state index contributed by atoms with van der Waals surface area (Å²) >= 11 is 2.05. The van der Waals surface area contributed by atoms with Gasteiger partial charge in [-0.1, -0.05) is 12.8 Å². The molecule has 0 radical (unpaired) electrons. The Labute approximate surface area is 150 Å². The van der Waals surface area contributed by atoms with Gasteiger partial charge in [0.25, 0.3) is 0 Å². The molecule has 1 aromatic heterocycles. The lowest BCUT2D eigenvalue weighted by Gasteiger charge is -2.50. The zero-order valence-electron chi connectivity index (χ0n) is 15.0. The summed E-state index contributed by atoms with van der Waals surface area (Å²) in [5.74, 6) is 0.838. The fourth-order valence-electron chi connectivity index (χ4n) is 5.29. The van der Waals surface area contributed by atoms with Crippen molar-refractivity contribution in [2.75, 3.05) is 33.2 Å². The summed E-state index contributed by atoms with van der Waals surface area (Å²) in [6.45, 7) is 5.43. The van der Waals surface area contributed by atoms with Crippen LogP contribution in [-0.4, -0.2) is 54.2 Å². The first-order valence-electron chi connectivity index (χ1n) is 9.82. The largest absolute Gasteiger partial charge is 0.392 e. The van der Waals surface area contributed by atoms with Gasteiger partial charge in [-0.05, 0) is 63.7 Å². The molecule has 1 spiro atoms. The van der Waals surface area contributed by atoms with Crippen LogP contribution in [0.1, 0.15) is 60.6 Å². The Kier molecular flexibility index (Phi) is 5.01. The third-order valence-electron chi connectivity index (χ3n) is 6.58. The molecular weight excluding hydrogens is 316 g/mol. The Morgan fingerprint density at radius 1 is 1.12 bits per heavy atom. The number of likely N-dealkylation sites (tertiary alicyclic amines) is 2. The molecular formula is C20H32N2OS. The summed E-state index contributed by atoms with van der Waals surface area (Å²) in [4.78, 5) is 8.16. The second-order valence-corrected chi connectivity index (χ2v) is 9.70. The van der Waals surface area contributed by atoms with Crippen molar-refractivity contribution in [2.45, 2.75) is 63.5 Å². The number of aliphatic hydroxyl groups is 1. The van der Waals surface area contributed by atoms with E-state index in [1.54, 1.807) is 4.88 Å². The molecule has 3 heterocycles. The van der Waals surface area contributed by atoms with Crippen LogP contribution < -0.4 is 0 Å². The predicted molar refractivity (Wildman–Crippen MR) is 101 cm³/mol. The molecule has 3 fully saturated rings. The Morgan fingerprint density at radius 3 is 2.79 bits per heavy atom. The highest BCUT2D eigenvalue weighted by atomic mass is 32.1. The maximum atomic E-state index is 10.7. The van der Waals surface area contributed by atoms with E-state index >= 15 is 0 Å². The lowest BCUT2D eigenvalue weighted by Crippen LogP contribution is -2.58. The molecule has 1 N–H and O–H groups in total. The van der Waals surface area contributed by atoms with E-state index in [4.69, 9.17) is 0 Å². The van der Waals surface area contributed by atoms with Gasteiger partial charge in [-0.2, -0.15) is 0 Å². The summed E-state index contributed by atoms with van der Waals surface area (Å²) in [6.07, 6.45) is 8.86. The second kappa shape index (κ2) is 7.06. The number of thiophene rings is 1. The van der Waals surface area contributed by atoms with Crippen LogP contribution in [0.5, 0.6) is 0 Å². The lowest BCUT2D eigenvalue weighted by molar-refractivity contribution is -0.0806. The standard InChI is InChI=1S/C20H32N2OS/c1-21-12-9-19(23)20(14-21)10-4-11-22(15-20)13-17-7-8-18(24-17)16-5-2-3-6-16/h7-8,16,19,23H,2-6,9-15H2,1H3/t19-,20-/m0/s1. The maximum absolute atomic E-state index is 10.7. The van der Waals surface area contributed by atoms with Crippen LogP contribution in [0.25, 0.3) is 0 Å². The third kappa shape index (κ3) is 3.44. The van der Waals surface area contributed by atoms with Gasteiger partial charge in [-0.25, -0.2) is 0 Å². The predicted octanol–water partition coefficient (Wildman–Crippen LogP) is 3.68. The normalized spacial score (nSPS) is 33.5.